The van der Waals surface area contributed by atoms with Gasteiger partial charge in [-0.15, -0.1) is 11.3 Å². The van der Waals surface area contributed by atoms with Crippen LogP contribution in [0.3, 0.4) is 0 Å². The Bertz CT molecular complexity index is 860. The smallest absolute Gasteiger partial charge is 0.178 e. The second kappa shape index (κ2) is 5.27. The van der Waals surface area contributed by atoms with Gasteiger partial charge < -0.3 is 14.3 Å². The third-order valence-electron chi connectivity index (χ3n) is 3.63. The van der Waals surface area contributed by atoms with Crippen molar-refractivity contribution in [3.8, 4) is 5.75 Å². The molecule has 3 aromatic rings. The zero-order valence-electron chi connectivity index (χ0n) is 12.4. The SMILES string of the molecule is COc1ccc2c(c1)[nH]c(=S)n2C(C)c1sc(C)nc1C. The van der Waals surface area contributed by atoms with Crippen molar-refractivity contribution in [3.05, 3.63) is 38.5 Å². The highest BCUT2D eigenvalue weighted by Gasteiger charge is 2.18. The van der Waals surface area contributed by atoms with Crippen molar-refractivity contribution in [2.45, 2.75) is 26.8 Å². The van der Waals surface area contributed by atoms with Crippen LogP contribution < -0.4 is 4.74 Å². The normalized spacial score (nSPS) is 12.8. The molecule has 4 nitrogen and oxygen atoms in total. The lowest BCUT2D eigenvalue weighted by atomic mass is 10.2. The van der Waals surface area contributed by atoms with E-state index in [1.54, 1.807) is 18.4 Å². The number of nitrogens with zero attached hydrogens (tertiary/aromatic N) is 2. The van der Waals surface area contributed by atoms with E-state index >= 15 is 0 Å². The summed E-state index contributed by atoms with van der Waals surface area (Å²) in [7, 11) is 1.67. The fraction of sp³-hybridized carbons (Fsp3) is 0.333. The number of benzene rings is 1. The van der Waals surface area contributed by atoms with Gasteiger partial charge in [0.2, 0.25) is 0 Å². The van der Waals surface area contributed by atoms with Crippen molar-refractivity contribution in [3.63, 3.8) is 0 Å². The molecule has 0 aliphatic heterocycles. The Morgan fingerprint density at radius 2 is 2.14 bits per heavy atom. The molecule has 0 aliphatic carbocycles. The summed E-state index contributed by atoms with van der Waals surface area (Å²) < 4.78 is 8.13. The lowest BCUT2D eigenvalue weighted by molar-refractivity contribution is 0.415. The summed E-state index contributed by atoms with van der Waals surface area (Å²) in [6, 6.07) is 6.13. The summed E-state index contributed by atoms with van der Waals surface area (Å²) in [4.78, 5) is 9.03. The molecule has 0 saturated carbocycles. The minimum absolute atomic E-state index is 0.158. The first kappa shape index (κ1) is 14.3. The molecule has 1 atom stereocenters. The average Bonchev–Trinajstić information content (AvgIpc) is 2.95. The number of rotatable bonds is 3. The molecule has 1 unspecified atom stereocenters. The topological polar surface area (TPSA) is 42.8 Å². The van der Waals surface area contributed by atoms with Crippen molar-refractivity contribution in [1.29, 1.82) is 0 Å². The number of imidazole rings is 1. The Morgan fingerprint density at radius 1 is 1.38 bits per heavy atom. The van der Waals surface area contributed by atoms with Crippen LogP contribution in [0.15, 0.2) is 18.2 Å². The molecule has 110 valence electrons. The molecule has 2 aromatic heterocycles. The number of hydrogen-bond donors (Lipinski definition) is 1. The summed E-state index contributed by atoms with van der Waals surface area (Å²) in [6.07, 6.45) is 0. The maximum Gasteiger partial charge on any atom is 0.178 e. The van der Waals surface area contributed by atoms with Crippen LogP contribution in [0.25, 0.3) is 11.0 Å². The summed E-state index contributed by atoms with van der Waals surface area (Å²) in [5.74, 6) is 0.823. The number of nitrogens with one attached hydrogen (secondary N) is 1. The molecule has 0 radical (unpaired) electrons. The zero-order valence-corrected chi connectivity index (χ0v) is 14.1. The van der Waals surface area contributed by atoms with Crippen LogP contribution in [0.5, 0.6) is 5.75 Å². The lowest BCUT2D eigenvalue weighted by Crippen LogP contribution is -2.06. The van der Waals surface area contributed by atoms with Crippen LogP contribution in [-0.4, -0.2) is 21.6 Å². The highest BCUT2D eigenvalue weighted by atomic mass is 32.1. The fourth-order valence-corrected chi connectivity index (χ4v) is 4.01. The molecule has 0 spiro atoms. The fourth-order valence-electron chi connectivity index (χ4n) is 2.67. The Balaban J connectivity index is 2.18. The molecule has 0 aliphatic rings. The predicted molar refractivity (Wildman–Crippen MR) is 89.1 cm³/mol. The lowest BCUT2D eigenvalue weighted by Gasteiger charge is -2.13. The van der Waals surface area contributed by atoms with E-state index in [0.29, 0.717) is 0 Å². The molecular weight excluding hydrogens is 302 g/mol. The Morgan fingerprint density at radius 3 is 2.76 bits per heavy atom. The second-order valence-electron chi connectivity index (χ2n) is 5.04. The molecule has 1 aromatic carbocycles. The maximum atomic E-state index is 5.51. The highest BCUT2D eigenvalue weighted by Crippen LogP contribution is 2.31. The molecule has 0 fully saturated rings. The van der Waals surface area contributed by atoms with Gasteiger partial charge in [0, 0.05) is 6.07 Å². The van der Waals surface area contributed by atoms with Crippen LogP contribution in [-0.2, 0) is 0 Å². The molecule has 6 heteroatoms. The average molecular weight is 319 g/mol. The minimum Gasteiger partial charge on any atom is -0.497 e. The first-order valence-electron chi connectivity index (χ1n) is 6.73. The van der Waals surface area contributed by atoms with E-state index < -0.39 is 0 Å². The van der Waals surface area contributed by atoms with Gasteiger partial charge in [0.05, 0.1) is 39.8 Å². The van der Waals surface area contributed by atoms with Crippen molar-refractivity contribution in [2.24, 2.45) is 0 Å². The molecule has 3 rings (SSSR count). The molecule has 1 N–H and O–H groups in total. The van der Waals surface area contributed by atoms with E-state index in [0.717, 1.165) is 32.3 Å². The van der Waals surface area contributed by atoms with Crippen LogP contribution in [0.1, 0.15) is 28.5 Å². The summed E-state index contributed by atoms with van der Waals surface area (Å²) in [6.45, 7) is 6.25. The molecule has 0 amide bonds. The number of aryl methyl sites for hydroxylation is 2. The van der Waals surface area contributed by atoms with Gasteiger partial charge in [0.25, 0.3) is 0 Å². The van der Waals surface area contributed by atoms with E-state index in [1.165, 1.54) is 4.88 Å². The standard InChI is InChI=1S/C15H17N3OS2/c1-8-14(21-10(3)16-8)9(2)18-13-6-5-11(19-4)7-12(13)17-15(18)20/h5-7,9H,1-4H3,(H,17,20). The summed E-state index contributed by atoms with van der Waals surface area (Å²) in [5, 5.41) is 1.09. The number of aromatic amines is 1. The number of thiazole rings is 1. The first-order valence-corrected chi connectivity index (χ1v) is 7.96. The van der Waals surface area contributed by atoms with Crippen molar-refractivity contribution in [1.82, 2.24) is 14.5 Å². The van der Waals surface area contributed by atoms with Gasteiger partial charge in [-0.1, -0.05) is 0 Å². The van der Waals surface area contributed by atoms with Gasteiger partial charge in [-0.05, 0) is 45.1 Å². The number of H-pyrrole nitrogens is 1. The van der Waals surface area contributed by atoms with Gasteiger partial charge >= 0.3 is 0 Å². The van der Waals surface area contributed by atoms with Crippen molar-refractivity contribution in [2.75, 3.05) is 7.11 Å². The van der Waals surface area contributed by atoms with Gasteiger partial charge in [-0.2, -0.15) is 0 Å². The summed E-state index contributed by atoms with van der Waals surface area (Å²) >= 11 is 7.24. The number of ether oxygens (including phenoxy) is 1. The van der Waals surface area contributed by atoms with Gasteiger partial charge in [0.15, 0.2) is 4.77 Å². The second-order valence-corrected chi connectivity index (χ2v) is 6.66. The van der Waals surface area contributed by atoms with E-state index in [1.807, 2.05) is 25.1 Å². The van der Waals surface area contributed by atoms with Gasteiger partial charge in [-0.3, -0.25) is 0 Å². The maximum absolute atomic E-state index is 5.51. The highest BCUT2D eigenvalue weighted by molar-refractivity contribution is 7.71. The molecule has 2 heterocycles. The van der Waals surface area contributed by atoms with Gasteiger partial charge in [-0.25, -0.2) is 4.98 Å². The van der Waals surface area contributed by atoms with Crippen molar-refractivity contribution >= 4 is 34.6 Å². The number of aromatic nitrogens is 3. The minimum atomic E-state index is 0.158. The van der Waals surface area contributed by atoms with Gasteiger partial charge in [0.1, 0.15) is 5.75 Å². The van der Waals surface area contributed by atoms with Crippen LogP contribution in [0.4, 0.5) is 0 Å². The molecular formula is C15H17N3OS2. The first-order chi connectivity index (χ1) is 10.0. The van der Waals surface area contributed by atoms with E-state index in [9.17, 15) is 0 Å². The Hall–Kier alpha value is -1.66. The van der Waals surface area contributed by atoms with Crippen molar-refractivity contribution < 1.29 is 4.74 Å². The van der Waals surface area contributed by atoms with Crippen LogP contribution >= 0.6 is 23.6 Å². The predicted octanol–water partition coefficient (Wildman–Crippen LogP) is 4.39. The largest absolute Gasteiger partial charge is 0.497 e. The number of methoxy groups -OCH3 is 1. The van der Waals surface area contributed by atoms with Crippen LogP contribution in [0.2, 0.25) is 0 Å². The Kier molecular flexibility index (Phi) is 3.59. The zero-order chi connectivity index (χ0) is 15.1. The quantitative estimate of drug-likeness (QED) is 0.728. The third kappa shape index (κ3) is 2.38. The van der Waals surface area contributed by atoms with E-state index in [-0.39, 0.29) is 6.04 Å². The van der Waals surface area contributed by atoms with Crippen LogP contribution in [0, 0.1) is 18.6 Å². The summed E-state index contributed by atoms with van der Waals surface area (Å²) in [5.41, 5.74) is 3.15. The number of hydrogen-bond acceptors (Lipinski definition) is 4. The molecule has 0 bridgehead atoms. The number of fused-ring (bicyclic) bond motifs is 1. The molecule has 21 heavy (non-hydrogen) atoms. The van der Waals surface area contributed by atoms with E-state index in [4.69, 9.17) is 17.0 Å². The molecule has 0 saturated heterocycles. The van der Waals surface area contributed by atoms with E-state index in [2.05, 4.69) is 28.4 Å². The third-order valence-corrected chi connectivity index (χ3v) is 5.17. The Labute approximate surface area is 132 Å². The monoisotopic (exact) mass is 319 g/mol.